The number of benzene rings is 1. The Labute approximate surface area is 127 Å². The Morgan fingerprint density at radius 3 is 2.71 bits per heavy atom. The Kier molecular flexibility index (Phi) is 5.37. The van der Waals surface area contributed by atoms with Crippen molar-refractivity contribution in [2.45, 2.75) is 33.6 Å². The summed E-state index contributed by atoms with van der Waals surface area (Å²) in [6.07, 6.45) is 6.24. The maximum atomic E-state index is 5.31. The summed E-state index contributed by atoms with van der Waals surface area (Å²) in [6, 6.07) is 4.20. The van der Waals surface area contributed by atoms with Crippen LogP contribution in [0.5, 0.6) is 0 Å². The minimum absolute atomic E-state index is 0.734. The first-order chi connectivity index (χ1) is 10.1. The summed E-state index contributed by atoms with van der Waals surface area (Å²) in [5.41, 5.74) is 4.39. The van der Waals surface area contributed by atoms with Crippen LogP contribution in [0.15, 0.2) is 22.3 Å². The molecule has 0 bridgehead atoms. The second-order valence-corrected chi connectivity index (χ2v) is 5.79. The van der Waals surface area contributed by atoms with Crippen molar-refractivity contribution in [2.24, 2.45) is 16.1 Å². The molecule has 1 saturated carbocycles. The first-order valence-electron chi connectivity index (χ1n) is 7.61. The van der Waals surface area contributed by atoms with E-state index in [4.69, 9.17) is 4.84 Å². The Bertz CT molecular complexity index is 533. The van der Waals surface area contributed by atoms with Crippen LogP contribution in [-0.2, 0) is 4.84 Å². The number of aliphatic imine (C=N–C) groups is 1. The highest BCUT2D eigenvalue weighted by Gasteiger charge is 2.21. The van der Waals surface area contributed by atoms with Gasteiger partial charge < -0.3 is 9.74 Å². The molecule has 1 aliphatic rings. The van der Waals surface area contributed by atoms with Crippen molar-refractivity contribution in [3.8, 4) is 0 Å². The van der Waals surface area contributed by atoms with Crippen LogP contribution >= 0.6 is 0 Å². The predicted octanol–water partition coefficient (Wildman–Crippen LogP) is 3.68. The molecule has 0 heterocycles. The van der Waals surface area contributed by atoms with E-state index < -0.39 is 0 Å². The summed E-state index contributed by atoms with van der Waals surface area (Å²) in [6.45, 7) is 7.95. The molecule has 1 aromatic carbocycles. The monoisotopic (exact) mass is 287 g/mol. The highest BCUT2D eigenvalue weighted by atomic mass is 16.6. The smallest absolute Gasteiger partial charge is 0.120 e. The van der Waals surface area contributed by atoms with E-state index in [0.29, 0.717) is 0 Å². The maximum Gasteiger partial charge on any atom is 0.120 e. The standard InChI is InChI=1S/C17H25N3O/c1-5-20(4)12-18-17-9-13(2)16(8-14(17)3)10-19-21-11-15-6-7-15/h8-10,12,15H,5-7,11H2,1-4H3/b18-12?,19-10+. The second kappa shape index (κ2) is 7.25. The van der Waals surface area contributed by atoms with Crippen LogP contribution < -0.4 is 0 Å². The largest absolute Gasteiger partial charge is 0.396 e. The Morgan fingerprint density at radius 1 is 1.29 bits per heavy atom. The van der Waals surface area contributed by atoms with Gasteiger partial charge in [0.1, 0.15) is 6.61 Å². The van der Waals surface area contributed by atoms with E-state index in [1.807, 2.05) is 13.4 Å². The van der Waals surface area contributed by atoms with E-state index in [0.717, 1.165) is 41.4 Å². The van der Waals surface area contributed by atoms with Crippen molar-refractivity contribution in [2.75, 3.05) is 20.2 Å². The van der Waals surface area contributed by atoms with Gasteiger partial charge in [-0.25, -0.2) is 4.99 Å². The summed E-state index contributed by atoms with van der Waals surface area (Å²) in [5, 5.41) is 4.07. The van der Waals surface area contributed by atoms with Crippen LogP contribution in [0.25, 0.3) is 0 Å². The molecule has 21 heavy (non-hydrogen) atoms. The van der Waals surface area contributed by atoms with Crippen molar-refractivity contribution in [3.05, 3.63) is 28.8 Å². The van der Waals surface area contributed by atoms with Gasteiger partial charge in [-0.2, -0.15) is 0 Å². The van der Waals surface area contributed by atoms with Crippen molar-refractivity contribution >= 4 is 18.2 Å². The minimum Gasteiger partial charge on any atom is -0.396 e. The second-order valence-electron chi connectivity index (χ2n) is 5.79. The van der Waals surface area contributed by atoms with E-state index in [1.54, 1.807) is 6.21 Å². The first kappa shape index (κ1) is 15.5. The zero-order valence-corrected chi connectivity index (χ0v) is 13.5. The number of hydrogen-bond acceptors (Lipinski definition) is 3. The van der Waals surface area contributed by atoms with E-state index in [2.05, 4.69) is 48.0 Å². The lowest BCUT2D eigenvalue weighted by Gasteiger charge is -2.10. The minimum atomic E-state index is 0.734. The molecule has 4 nitrogen and oxygen atoms in total. The maximum absolute atomic E-state index is 5.31. The van der Waals surface area contributed by atoms with E-state index >= 15 is 0 Å². The molecule has 0 amide bonds. The zero-order valence-electron chi connectivity index (χ0n) is 13.5. The van der Waals surface area contributed by atoms with Crippen molar-refractivity contribution in [3.63, 3.8) is 0 Å². The molecular formula is C17H25N3O. The van der Waals surface area contributed by atoms with Gasteiger partial charge in [0.2, 0.25) is 0 Å². The third-order valence-corrected chi connectivity index (χ3v) is 3.75. The molecule has 114 valence electrons. The molecule has 0 radical (unpaired) electrons. The van der Waals surface area contributed by atoms with Gasteiger partial charge in [0.25, 0.3) is 0 Å². The van der Waals surface area contributed by atoms with Crippen LogP contribution in [0.4, 0.5) is 5.69 Å². The molecule has 0 aliphatic heterocycles. The van der Waals surface area contributed by atoms with Crippen molar-refractivity contribution in [1.82, 2.24) is 4.90 Å². The first-order valence-corrected chi connectivity index (χ1v) is 7.61. The summed E-state index contributed by atoms with van der Waals surface area (Å²) >= 11 is 0. The van der Waals surface area contributed by atoms with Crippen molar-refractivity contribution < 1.29 is 4.84 Å². The number of nitrogens with zero attached hydrogens (tertiary/aromatic N) is 3. The molecule has 0 atom stereocenters. The van der Waals surface area contributed by atoms with E-state index in [1.165, 1.54) is 12.8 Å². The molecule has 0 aromatic heterocycles. The van der Waals surface area contributed by atoms with Crippen LogP contribution in [0.3, 0.4) is 0 Å². The third kappa shape index (κ3) is 4.88. The molecule has 1 fully saturated rings. The van der Waals surface area contributed by atoms with Gasteiger partial charge >= 0.3 is 0 Å². The molecule has 1 aliphatic carbocycles. The summed E-state index contributed by atoms with van der Waals surface area (Å²) in [7, 11) is 2.02. The Balaban J connectivity index is 2.02. The van der Waals surface area contributed by atoms with Gasteiger partial charge in [-0.05, 0) is 68.4 Å². The van der Waals surface area contributed by atoms with Gasteiger partial charge in [0, 0.05) is 13.6 Å². The number of oxime groups is 1. The molecule has 0 saturated heterocycles. The van der Waals surface area contributed by atoms with E-state index in [9.17, 15) is 0 Å². The lowest BCUT2D eigenvalue weighted by Crippen LogP contribution is -2.14. The van der Waals surface area contributed by atoms with Gasteiger partial charge in [0.05, 0.1) is 18.2 Å². The molecule has 0 N–H and O–H groups in total. The van der Waals surface area contributed by atoms with Gasteiger partial charge in [-0.15, -0.1) is 0 Å². The van der Waals surface area contributed by atoms with Gasteiger partial charge in [-0.1, -0.05) is 5.16 Å². The molecule has 2 rings (SSSR count). The Hall–Kier alpha value is -1.84. The number of hydrogen-bond donors (Lipinski definition) is 0. The average Bonchev–Trinajstić information content (AvgIpc) is 3.28. The van der Waals surface area contributed by atoms with Crippen LogP contribution in [0.2, 0.25) is 0 Å². The fraction of sp³-hybridized carbons (Fsp3) is 0.529. The lowest BCUT2D eigenvalue weighted by atomic mass is 10.0. The third-order valence-electron chi connectivity index (χ3n) is 3.75. The molecular weight excluding hydrogens is 262 g/mol. The summed E-state index contributed by atoms with van der Waals surface area (Å²) in [4.78, 5) is 11.9. The van der Waals surface area contributed by atoms with E-state index in [-0.39, 0.29) is 0 Å². The van der Waals surface area contributed by atoms with Crippen molar-refractivity contribution in [1.29, 1.82) is 0 Å². The zero-order chi connectivity index (χ0) is 15.2. The number of rotatable bonds is 7. The highest BCUT2D eigenvalue weighted by Crippen LogP contribution is 2.28. The normalized spacial score (nSPS) is 15.0. The van der Waals surface area contributed by atoms with Crippen LogP contribution in [0.1, 0.15) is 36.5 Å². The molecule has 4 heteroatoms. The summed E-state index contributed by atoms with van der Waals surface area (Å²) in [5.74, 6) is 0.734. The highest BCUT2D eigenvalue weighted by molar-refractivity contribution is 5.83. The fourth-order valence-corrected chi connectivity index (χ4v) is 1.87. The van der Waals surface area contributed by atoms with Gasteiger partial charge in [0.15, 0.2) is 0 Å². The molecule has 1 aromatic rings. The fourth-order valence-electron chi connectivity index (χ4n) is 1.87. The number of aryl methyl sites for hydroxylation is 2. The predicted molar refractivity (Wildman–Crippen MR) is 88.6 cm³/mol. The van der Waals surface area contributed by atoms with Crippen LogP contribution in [0, 0.1) is 19.8 Å². The molecule has 0 unspecified atom stereocenters. The summed E-state index contributed by atoms with van der Waals surface area (Å²) < 4.78 is 0. The topological polar surface area (TPSA) is 37.2 Å². The molecule has 0 spiro atoms. The Morgan fingerprint density at radius 2 is 2.05 bits per heavy atom. The average molecular weight is 287 g/mol. The quantitative estimate of drug-likeness (QED) is 0.436. The van der Waals surface area contributed by atoms with Crippen LogP contribution in [-0.4, -0.2) is 37.7 Å². The SMILES string of the molecule is CCN(C)C=Nc1cc(C)c(/C=N/OCC2CC2)cc1C. The van der Waals surface area contributed by atoms with Gasteiger partial charge in [-0.3, -0.25) is 0 Å². The lowest BCUT2D eigenvalue weighted by molar-refractivity contribution is 0.135.